The zero-order chi connectivity index (χ0) is 25.2. The van der Waals surface area contributed by atoms with E-state index in [2.05, 4.69) is 16.7 Å². The number of anilines is 2. The fourth-order valence-electron chi connectivity index (χ4n) is 3.33. The Labute approximate surface area is 209 Å². The van der Waals surface area contributed by atoms with Crippen LogP contribution in [0.3, 0.4) is 0 Å². The number of ether oxygens (including phenoxy) is 2. The summed E-state index contributed by atoms with van der Waals surface area (Å²) in [5, 5.41) is 5.86. The van der Waals surface area contributed by atoms with Gasteiger partial charge in [0.05, 0.1) is 0 Å². The average Bonchev–Trinajstić information content (AvgIpc) is 2.78. The van der Waals surface area contributed by atoms with Crippen molar-refractivity contribution in [1.29, 1.82) is 0 Å². The van der Waals surface area contributed by atoms with E-state index in [9.17, 15) is 14.4 Å². The quantitative estimate of drug-likeness (QED) is 0.335. The second-order valence-corrected chi connectivity index (χ2v) is 8.51. The minimum absolute atomic E-state index is 0.0283. The molecule has 3 rings (SSSR count). The van der Waals surface area contributed by atoms with E-state index in [0.717, 1.165) is 16.9 Å². The Kier molecular flexibility index (Phi) is 9.26. The summed E-state index contributed by atoms with van der Waals surface area (Å²) in [6.45, 7) is 3.61. The van der Waals surface area contributed by atoms with Gasteiger partial charge in [-0.1, -0.05) is 23.7 Å². The second kappa shape index (κ2) is 12.6. The molecule has 0 saturated carbocycles. The number of carbonyl (C=O) groups is 3. The third kappa shape index (κ3) is 9.14. The molecule has 2 N–H and O–H groups in total. The van der Waals surface area contributed by atoms with Gasteiger partial charge in [0, 0.05) is 29.2 Å². The summed E-state index contributed by atoms with van der Waals surface area (Å²) >= 11 is 5.86. The van der Waals surface area contributed by atoms with Crippen LogP contribution in [0.2, 0.25) is 5.02 Å². The smallest absolute Gasteiger partial charge is 0.306 e. The van der Waals surface area contributed by atoms with Gasteiger partial charge in [0.25, 0.3) is 5.91 Å². The van der Waals surface area contributed by atoms with Crippen molar-refractivity contribution >= 4 is 40.8 Å². The van der Waals surface area contributed by atoms with Gasteiger partial charge in [-0.05, 0) is 86.0 Å². The Morgan fingerprint density at radius 2 is 1.46 bits per heavy atom. The minimum Gasteiger partial charge on any atom is -0.457 e. The van der Waals surface area contributed by atoms with E-state index >= 15 is 0 Å². The SMILES string of the molecule is Cc1cc(C)cc(Oc2ccc(NC(=O)CCCC(=O)OCC(=O)Nc3cccc(Cl)c3)cc2)c1. The maximum atomic E-state index is 12.2. The number of benzene rings is 3. The Bertz CT molecular complexity index is 1170. The van der Waals surface area contributed by atoms with E-state index in [0.29, 0.717) is 28.6 Å². The van der Waals surface area contributed by atoms with Crippen molar-refractivity contribution in [2.75, 3.05) is 17.2 Å². The van der Waals surface area contributed by atoms with Gasteiger partial charge >= 0.3 is 5.97 Å². The first-order valence-corrected chi connectivity index (χ1v) is 11.5. The first-order chi connectivity index (χ1) is 16.8. The number of amides is 2. The van der Waals surface area contributed by atoms with Crippen LogP contribution < -0.4 is 15.4 Å². The maximum Gasteiger partial charge on any atom is 0.306 e. The molecule has 7 nitrogen and oxygen atoms in total. The molecule has 0 spiro atoms. The Balaban J connectivity index is 1.34. The number of nitrogens with one attached hydrogen (secondary N) is 2. The highest BCUT2D eigenvalue weighted by Gasteiger charge is 2.10. The third-order valence-corrected chi connectivity index (χ3v) is 5.06. The molecule has 182 valence electrons. The molecule has 0 saturated heterocycles. The molecular formula is C27H27ClN2O5. The molecule has 0 aliphatic carbocycles. The Hall–Kier alpha value is -3.84. The van der Waals surface area contributed by atoms with Crippen molar-refractivity contribution in [2.24, 2.45) is 0 Å². The predicted octanol–water partition coefficient (Wildman–Crippen LogP) is 6.04. The molecule has 35 heavy (non-hydrogen) atoms. The molecule has 0 heterocycles. The number of aryl methyl sites for hydroxylation is 2. The highest BCUT2D eigenvalue weighted by molar-refractivity contribution is 6.30. The summed E-state index contributed by atoms with van der Waals surface area (Å²) in [6.07, 6.45) is 0.472. The molecule has 0 aliphatic rings. The molecule has 3 aromatic rings. The molecule has 3 aromatic carbocycles. The monoisotopic (exact) mass is 494 g/mol. The van der Waals surface area contributed by atoms with Gasteiger partial charge in [-0.15, -0.1) is 0 Å². The lowest BCUT2D eigenvalue weighted by Gasteiger charge is -2.10. The fourth-order valence-corrected chi connectivity index (χ4v) is 3.52. The predicted molar refractivity (Wildman–Crippen MR) is 136 cm³/mol. The van der Waals surface area contributed by atoms with E-state index in [-0.39, 0.29) is 18.7 Å². The van der Waals surface area contributed by atoms with Crippen LogP contribution in [0.25, 0.3) is 0 Å². The van der Waals surface area contributed by atoms with E-state index in [1.807, 2.05) is 26.0 Å². The lowest BCUT2D eigenvalue weighted by Crippen LogP contribution is -2.21. The second-order valence-electron chi connectivity index (χ2n) is 8.07. The van der Waals surface area contributed by atoms with Crippen LogP contribution in [-0.4, -0.2) is 24.4 Å². The van der Waals surface area contributed by atoms with Gasteiger partial charge in [-0.25, -0.2) is 0 Å². The van der Waals surface area contributed by atoms with Crippen LogP contribution in [0.4, 0.5) is 11.4 Å². The van der Waals surface area contributed by atoms with Crippen molar-refractivity contribution in [1.82, 2.24) is 0 Å². The largest absolute Gasteiger partial charge is 0.457 e. The zero-order valence-corrected chi connectivity index (χ0v) is 20.4. The molecule has 8 heteroatoms. The molecular weight excluding hydrogens is 468 g/mol. The summed E-state index contributed by atoms with van der Waals surface area (Å²) in [6, 6.07) is 19.7. The van der Waals surface area contributed by atoms with E-state index in [1.54, 1.807) is 48.5 Å². The van der Waals surface area contributed by atoms with Gasteiger partial charge in [0.15, 0.2) is 6.61 Å². The standard InChI is InChI=1S/C27H27ClN2O5/c1-18-13-19(2)15-24(14-18)35-23-11-9-21(10-12-23)29-25(31)7-4-8-27(33)34-17-26(32)30-22-6-3-5-20(28)16-22/h3,5-6,9-16H,4,7-8,17H2,1-2H3,(H,29,31)(H,30,32). The third-order valence-electron chi connectivity index (χ3n) is 4.83. The lowest BCUT2D eigenvalue weighted by molar-refractivity contribution is -0.147. The number of hydrogen-bond donors (Lipinski definition) is 2. The summed E-state index contributed by atoms with van der Waals surface area (Å²) in [7, 11) is 0. The number of halogens is 1. The van der Waals surface area contributed by atoms with Crippen molar-refractivity contribution in [3.05, 3.63) is 82.9 Å². The first kappa shape index (κ1) is 25.8. The van der Waals surface area contributed by atoms with Gasteiger partial charge in [0.1, 0.15) is 11.5 Å². The van der Waals surface area contributed by atoms with Crippen LogP contribution in [0.5, 0.6) is 11.5 Å². The Morgan fingerprint density at radius 1 is 0.771 bits per heavy atom. The van der Waals surface area contributed by atoms with E-state index < -0.39 is 18.5 Å². The van der Waals surface area contributed by atoms with E-state index in [1.165, 1.54) is 0 Å². The van der Waals surface area contributed by atoms with Gasteiger partial charge < -0.3 is 20.1 Å². The summed E-state index contributed by atoms with van der Waals surface area (Å²) in [5.41, 5.74) is 3.38. The number of esters is 1. The topological polar surface area (TPSA) is 93.7 Å². The van der Waals surface area contributed by atoms with Crippen LogP contribution in [0, 0.1) is 13.8 Å². The molecule has 0 radical (unpaired) electrons. The van der Waals surface area contributed by atoms with Crippen molar-refractivity contribution in [3.8, 4) is 11.5 Å². The molecule has 0 aromatic heterocycles. The summed E-state index contributed by atoms with van der Waals surface area (Å²) in [4.78, 5) is 35.9. The normalized spacial score (nSPS) is 10.4. The highest BCUT2D eigenvalue weighted by Crippen LogP contribution is 2.25. The van der Waals surface area contributed by atoms with E-state index in [4.69, 9.17) is 21.1 Å². The first-order valence-electron chi connectivity index (χ1n) is 11.1. The lowest BCUT2D eigenvalue weighted by atomic mass is 10.1. The number of hydrogen-bond acceptors (Lipinski definition) is 5. The molecule has 0 bridgehead atoms. The van der Waals surface area contributed by atoms with Crippen molar-refractivity contribution in [3.63, 3.8) is 0 Å². The van der Waals surface area contributed by atoms with Gasteiger partial charge in [-0.2, -0.15) is 0 Å². The molecule has 0 fully saturated rings. The molecule has 0 atom stereocenters. The minimum atomic E-state index is -0.549. The van der Waals surface area contributed by atoms with Crippen molar-refractivity contribution in [2.45, 2.75) is 33.1 Å². The van der Waals surface area contributed by atoms with Crippen molar-refractivity contribution < 1.29 is 23.9 Å². The maximum absolute atomic E-state index is 12.2. The number of carbonyl (C=O) groups excluding carboxylic acids is 3. The molecule has 2 amide bonds. The summed E-state index contributed by atoms with van der Waals surface area (Å²) in [5.74, 6) is 0.179. The zero-order valence-electron chi connectivity index (χ0n) is 19.6. The van der Waals surface area contributed by atoms with Gasteiger partial charge in [-0.3, -0.25) is 14.4 Å². The highest BCUT2D eigenvalue weighted by atomic mass is 35.5. The van der Waals surface area contributed by atoms with Crippen LogP contribution in [-0.2, 0) is 19.1 Å². The summed E-state index contributed by atoms with van der Waals surface area (Å²) < 4.78 is 10.8. The van der Waals surface area contributed by atoms with Crippen LogP contribution in [0.15, 0.2) is 66.7 Å². The Morgan fingerprint density at radius 3 is 2.14 bits per heavy atom. The van der Waals surface area contributed by atoms with Crippen LogP contribution >= 0.6 is 11.6 Å². The fraction of sp³-hybridized carbons (Fsp3) is 0.222. The average molecular weight is 495 g/mol. The molecule has 0 aliphatic heterocycles. The molecule has 0 unspecified atom stereocenters. The van der Waals surface area contributed by atoms with Crippen LogP contribution in [0.1, 0.15) is 30.4 Å². The number of rotatable bonds is 10. The van der Waals surface area contributed by atoms with Gasteiger partial charge in [0.2, 0.25) is 5.91 Å².